The molecular formula is C21H26N2O3S. The van der Waals surface area contributed by atoms with Crippen molar-refractivity contribution in [3.63, 3.8) is 0 Å². The minimum atomic E-state index is -3.57. The highest BCUT2D eigenvalue weighted by atomic mass is 32.2. The summed E-state index contributed by atoms with van der Waals surface area (Å²) in [6, 6.07) is 13.3. The maximum Gasteiger partial charge on any atom is 0.241 e. The number of carbonyl (C=O) groups excluding carboxylic acids is 1. The number of anilines is 1. The maximum atomic E-state index is 12.6. The highest BCUT2D eigenvalue weighted by molar-refractivity contribution is 7.92. The van der Waals surface area contributed by atoms with Gasteiger partial charge < -0.3 is 5.32 Å². The average molecular weight is 387 g/mol. The van der Waals surface area contributed by atoms with Crippen LogP contribution in [-0.2, 0) is 27.7 Å². The summed E-state index contributed by atoms with van der Waals surface area (Å²) in [5, 5.41) is 2.93. The second kappa shape index (κ2) is 7.72. The van der Waals surface area contributed by atoms with Gasteiger partial charge in [0.15, 0.2) is 0 Å². The molecule has 144 valence electrons. The highest BCUT2D eigenvalue weighted by Crippen LogP contribution is 2.26. The summed E-state index contributed by atoms with van der Waals surface area (Å²) >= 11 is 0. The Balaban J connectivity index is 1.74. The van der Waals surface area contributed by atoms with E-state index in [1.54, 1.807) is 12.1 Å². The van der Waals surface area contributed by atoms with Crippen molar-refractivity contribution in [2.75, 3.05) is 17.1 Å². The molecule has 0 unspecified atom stereocenters. The zero-order chi connectivity index (χ0) is 19.6. The minimum Gasteiger partial charge on any atom is -0.348 e. The molecular weight excluding hydrogens is 360 g/mol. The van der Waals surface area contributed by atoms with E-state index in [0.717, 1.165) is 34.5 Å². The van der Waals surface area contributed by atoms with Crippen molar-refractivity contribution in [1.29, 1.82) is 0 Å². The van der Waals surface area contributed by atoms with Gasteiger partial charge in [0.2, 0.25) is 15.9 Å². The van der Waals surface area contributed by atoms with Crippen LogP contribution in [0.25, 0.3) is 0 Å². The van der Waals surface area contributed by atoms with Crippen LogP contribution in [0.2, 0.25) is 0 Å². The molecule has 0 aliphatic heterocycles. The summed E-state index contributed by atoms with van der Waals surface area (Å²) in [4.78, 5) is 12.6. The van der Waals surface area contributed by atoms with Gasteiger partial charge >= 0.3 is 0 Å². The van der Waals surface area contributed by atoms with E-state index in [-0.39, 0.29) is 18.5 Å². The molecule has 6 heteroatoms. The molecule has 1 N–H and O–H groups in total. The molecule has 2 aromatic carbocycles. The van der Waals surface area contributed by atoms with E-state index < -0.39 is 10.0 Å². The molecule has 1 aliphatic carbocycles. The zero-order valence-electron chi connectivity index (χ0n) is 16.0. The van der Waals surface area contributed by atoms with E-state index in [9.17, 15) is 13.2 Å². The first-order chi connectivity index (χ1) is 12.8. The number of hydrogen-bond acceptors (Lipinski definition) is 3. The van der Waals surface area contributed by atoms with Crippen LogP contribution < -0.4 is 9.62 Å². The lowest BCUT2D eigenvalue weighted by atomic mass is 10.0. The van der Waals surface area contributed by atoms with E-state index in [0.29, 0.717) is 5.69 Å². The number of hydrogen-bond donors (Lipinski definition) is 1. The molecule has 0 bridgehead atoms. The number of amides is 1. The minimum absolute atomic E-state index is 0.179. The first-order valence-electron chi connectivity index (χ1n) is 9.20. The molecule has 27 heavy (non-hydrogen) atoms. The summed E-state index contributed by atoms with van der Waals surface area (Å²) in [6.45, 7) is 3.52. The third-order valence-corrected chi connectivity index (χ3v) is 6.20. The van der Waals surface area contributed by atoms with Crippen LogP contribution in [0.5, 0.6) is 0 Å². The highest BCUT2D eigenvalue weighted by Gasteiger charge is 2.23. The number of rotatable bonds is 6. The Hall–Kier alpha value is -2.34. The Kier molecular flexibility index (Phi) is 5.56. The van der Waals surface area contributed by atoms with Crippen molar-refractivity contribution in [3.05, 3.63) is 64.7 Å². The van der Waals surface area contributed by atoms with Gasteiger partial charge in [0.25, 0.3) is 0 Å². The molecule has 2 aromatic rings. The van der Waals surface area contributed by atoms with Crippen molar-refractivity contribution in [3.8, 4) is 0 Å². The third kappa shape index (κ3) is 4.50. The fourth-order valence-corrected chi connectivity index (χ4v) is 4.50. The van der Waals surface area contributed by atoms with Gasteiger partial charge in [0.05, 0.1) is 18.0 Å². The van der Waals surface area contributed by atoms with Crippen molar-refractivity contribution in [1.82, 2.24) is 5.32 Å². The Morgan fingerprint density at radius 2 is 1.85 bits per heavy atom. The van der Waals surface area contributed by atoms with Crippen molar-refractivity contribution in [2.45, 2.75) is 39.2 Å². The number of aryl methyl sites for hydroxylation is 3. The normalized spacial score (nSPS) is 14.5. The van der Waals surface area contributed by atoms with Crippen LogP contribution in [0.3, 0.4) is 0 Å². The SMILES string of the molecule is Cc1ccccc1N(CC(=O)N[C@H](C)c1ccc2c(c1)CCC2)S(C)(=O)=O. The summed E-state index contributed by atoms with van der Waals surface area (Å²) < 4.78 is 25.7. The maximum absolute atomic E-state index is 12.6. The molecule has 1 atom stereocenters. The summed E-state index contributed by atoms with van der Waals surface area (Å²) in [7, 11) is -3.57. The first-order valence-corrected chi connectivity index (χ1v) is 11.0. The Bertz CT molecular complexity index is 954. The average Bonchev–Trinajstić information content (AvgIpc) is 3.07. The van der Waals surface area contributed by atoms with Crippen molar-refractivity contribution < 1.29 is 13.2 Å². The molecule has 1 amide bonds. The Morgan fingerprint density at radius 3 is 2.56 bits per heavy atom. The fraction of sp³-hybridized carbons (Fsp3) is 0.381. The quantitative estimate of drug-likeness (QED) is 0.829. The number of para-hydroxylation sites is 1. The third-order valence-electron chi connectivity index (χ3n) is 5.07. The monoisotopic (exact) mass is 386 g/mol. The molecule has 5 nitrogen and oxygen atoms in total. The Labute approximate surface area is 161 Å². The van der Waals surface area contributed by atoms with E-state index in [2.05, 4.69) is 17.4 Å². The lowest BCUT2D eigenvalue weighted by molar-refractivity contribution is -0.120. The molecule has 0 spiro atoms. The number of nitrogens with zero attached hydrogens (tertiary/aromatic N) is 1. The topological polar surface area (TPSA) is 66.5 Å². The lowest BCUT2D eigenvalue weighted by Crippen LogP contribution is -2.41. The first kappa shape index (κ1) is 19.4. The molecule has 0 fully saturated rings. The van der Waals surface area contributed by atoms with Crippen LogP contribution in [0, 0.1) is 6.92 Å². The number of nitrogens with one attached hydrogen (secondary N) is 1. The van der Waals surface area contributed by atoms with E-state index in [4.69, 9.17) is 0 Å². The predicted octanol–water partition coefficient (Wildman–Crippen LogP) is 3.13. The molecule has 0 radical (unpaired) electrons. The van der Waals surface area contributed by atoms with E-state index >= 15 is 0 Å². The van der Waals surface area contributed by atoms with E-state index in [1.165, 1.54) is 17.5 Å². The van der Waals surface area contributed by atoms with Crippen molar-refractivity contribution >= 4 is 21.6 Å². The van der Waals surface area contributed by atoms with Gasteiger partial charge in [-0.05, 0) is 61.4 Å². The smallest absolute Gasteiger partial charge is 0.241 e. The summed E-state index contributed by atoms with van der Waals surface area (Å²) in [5.74, 6) is -0.323. The summed E-state index contributed by atoms with van der Waals surface area (Å²) in [6.07, 6.45) is 4.50. The standard InChI is InChI=1S/C21H26N2O3S/c1-15-7-4-5-10-20(15)23(27(3,25)26)14-21(24)22-16(2)18-12-11-17-8-6-9-19(17)13-18/h4-5,7,10-13,16H,6,8-9,14H2,1-3H3,(H,22,24)/t16-/m1/s1. The van der Waals surface area contributed by atoms with Gasteiger partial charge in [-0.25, -0.2) is 8.42 Å². The number of fused-ring (bicyclic) bond motifs is 1. The fourth-order valence-electron chi connectivity index (χ4n) is 3.59. The second-order valence-corrected chi connectivity index (χ2v) is 9.13. The molecule has 0 saturated carbocycles. The Morgan fingerprint density at radius 1 is 1.15 bits per heavy atom. The molecule has 0 heterocycles. The second-order valence-electron chi connectivity index (χ2n) is 7.23. The summed E-state index contributed by atoms with van der Waals surface area (Å²) in [5.41, 5.74) is 5.12. The van der Waals surface area contributed by atoms with Crippen LogP contribution in [0.4, 0.5) is 5.69 Å². The number of sulfonamides is 1. The molecule has 0 aromatic heterocycles. The van der Waals surface area contributed by atoms with Crippen LogP contribution in [0.15, 0.2) is 42.5 Å². The predicted molar refractivity (Wildman–Crippen MR) is 108 cm³/mol. The van der Waals surface area contributed by atoms with Crippen LogP contribution in [-0.4, -0.2) is 27.1 Å². The van der Waals surface area contributed by atoms with Gasteiger partial charge in [0, 0.05) is 0 Å². The van der Waals surface area contributed by atoms with Gasteiger partial charge in [-0.15, -0.1) is 0 Å². The van der Waals surface area contributed by atoms with Gasteiger partial charge in [0.1, 0.15) is 6.54 Å². The van der Waals surface area contributed by atoms with Gasteiger partial charge in [-0.3, -0.25) is 9.10 Å². The van der Waals surface area contributed by atoms with Crippen molar-refractivity contribution in [2.24, 2.45) is 0 Å². The van der Waals surface area contributed by atoms with Gasteiger partial charge in [-0.2, -0.15) is 0 Å². The van der Waals surface area contributed by atoms with Gasteiger partial charge in [-0.1, -0.05) is 36.4 Å². The number of carbonyl (C=O) groups is 1. The molecule has 0 saturated heterocycles. The number of benzene rings is 2. The molecule has 1 aliphatic rings. The molecule has 3 rings (SSSR count). The van der Waals surface area contributed by atoms with E-state index in [1.807, 2.05) is 32.0 Å². The zero-order valence-corrected chi connectivity index (χ0v) is 16.8. The van der Waals surface area contributed by atoms with Crippen LogP contribution in [0.1, 0.15) is 41.6 Å². The largest absolute Gasteiger partial charge is 0.348 e. The lowest BCUT2D eigenvalue weighted by Gasteiger charge is -2.24. The van der Waals surface area contributed by atoms with Crippen LogP contribution >= 0.6 is 0 Å².